The molecule has 1 aromatic carbocycles. The smallest absolute Gasteiger partial charge is 0.341 e. The van der Waals surface area contributed by atoms with Crippen LogP contribution in [0.2, 0.25) is 0 Å². The fraction of sp³-hybridized carbons (Fsp3) is 0.200. The maximum Gasteiger partial charge on any atom is 0.341 e. The lowest BCUT2D eigenvalue weighted by Gasteiger charge is -2.14. The van der Waals surface area contributed by atoms with E-state index in [1.165, 1.54) is 24.5 Å². The van der Waals surface area contributed by atoms with Gasteiger partial charge in [0, 0.05) is 0 Å². The van der Waals surface area contributed by atoms with E-state index in [2.05, 4.69) is 0 Å². The number of carbonyl (C=O) groups excluding carboxylic acids is 2. The molecule has 1 aliphatic rings. The number of nitrogens with zero attached hydrogens (tertiary/aromatic N) is 1. The highest BCUT2D eigenvalue weighted by molar-refractivity contribution is 7.90. The van der Waals surface area contributed by atoms with Gasteiger partial charge in [0.1, 0.15) is 22.8 Å². The molecule has 3 rings (SSSR count). The molecule has 2 aromatic rings. The molecule has 0 spiro atoms. The van der Waals surface area contributed by atoms with Crippen molar-refractivity contribution in [1.29, 1.82) is 0 Å². The van der Waals surface area contributed by atoms with Crippen LogP contribution < -0.4 is 0 Å². The topological polar surface area (TPSA) is 93.9 Å². The Bertz CT molecular complexity index is 883. The van der Waals surface area contributed by atoms with E-state index in [9.17, 15) is 18.0 Å². The van der Waals surface area contributed by atoms with Gasteiger partial charge in [-0.25, -0.2) is 17.5 Å². The molecule has 7 nitrogen and oxygen atoms in total. The zero-order valence-corrected chi connectivity index (χ0v) is 13.0. The minimum atomic E-state index is -3.88. The van der Waals surface area contributed by atoms with E-state index in [1.807, 2.05) is 0 Å². The molecule has 2 heterocycles. The fourth-order valence-electron chi connectivity index (χ4n) is 2.35. The highest BCUT2D eigenvalue weighted by Gasteiger charge is 2.40. The average Bonchev–Trinajstić information content (AvgIpc) is 3.03. The normalized spacial score (nSPS) is 15.5. The summed E-state index contributed by atoms with van der Waals surface area (Å²) in [6, 6.07) is 7.44. The SMILES string of the molecule is Cc1occc1C(=O)OCCN1C(=O)c2ccccc2S1(=O)=O. The molecule has 0 fully saturated rings. The summed E-state index contributed by atoms with van der Waals surface area (Å²) in [7, 11) is -3.88. The van der Waals surface area contributed by atoms with E-state index in [0.29, 0.717) is 10.1 Å². The molecule has 1 amide bonds. The summed E-state index contributed by atoms with van der Waals surface area (Å²) in [5.41, 5.74) is 0.397. The van der Waals surface area contributed by atoms with E-state index >= 15 is 0 Å². The molecular formula is C15H13NO6S. The molecular weight excluding hydrogens is 322 g/mol. The first-order valence-electron chi connectivity index (χ1n) is 6.80. The average molecular weight is 335 g/mol. The lowest BCUT2D eigenvalue weighted by Crippen LogP contribution is -2.33. The number of fused-ring (bicyclic) bond motifs is 1. The maximum atomic E-state index is 12.3. The van der Waals surface area contributed by atoms with Gasteiger partial charge in [0.05, 0.1) is 18.4 Å². The third-order valence-electron chi connectivity index (χ3n) is 3.52. The Morgan fingerprint density at radius 3 is 2.65 bits per heavy atom. The Kier molecular flexibility index (Phi) is 3.69. The number of esters is 1. The first-order valence-corrected chi connectivity index (χ1v) is 8.24. The highest BCUT2D eigenvalue weighted by atomic mass is 32.2. The highest BCUT2D eigenvalue weighted by Crippen LogP contribution is 2.29. The third-order valence-corrected chi connectivity index (χ3v) is 5.36. The Labute approximate surface area is 132 Å². The van der Waals surface area contributed by atoms with Crippen molar-refractivity contribution >= 4 is 21.9 Å². The van der Waals surface area contributed by atoms with Crippen LogP contribution in [0.25, 0.3) is 0 Å². The van der Waals surface area contributed by atoms with Crippen LogP contribution in [0.4, 0.5) is 0 Å². The summed E-state index contributed by atoms with van der Waals surface area (Å²) in [6.45, 7) is 1.14. The van der Waals surface area contributed by atoms with Crippen LogP contribution in [-0.4, -0.2) is 37.8 Å². The number of ether oxygens (including phenoxy) is 1. The van der Waals surface area contributed by atoms with Crippen LogP contribution in [-0.2, 0) is 14.8 Å². The number of furan rings is 1. The van der Waals surface area contributed by atoms with Gasteiger partial charge in [-0.15, -0.1) is 0 Å². The molecule has 0 saturated carbocycles. The minimum absolute atomic E-state index is 0.0259. The zero-order valence-electron chi connectivity index (χ0n) is 12.2. The summed E-state index contributed by atoms with van der Waals surface area (Å²) in [5.74, 6) is -0.832. The predicted molar refractivity (Wildman–Crippen MR) is 78.4 cm³/mol. The van der Waals surface area contributed by atoms with Crippen molar-refractivity contribution in [2.45, 2.75) is 11.8 Å². The molecule has 8 heteroatoms. The second-order valence-corrected chi connectivity index (χ2v) is 6.74. The van der Waals surface area contributed by atoms with Crippen molar-refractivity contribution in [3.63, 3.8) is 0 Å². The second-order valence-electron chi connectivity index (χ2n) is 4.90. The van der Waals surface area contributed by atoms with Crippen LogP contribution in [0.15, 0.2) is 45.9 Å². The number of sulfonamides is 1. The van der Waals surface area contributed by atoms with Crippen molar-refractivity contribution in [3.05, 3.63) is 53.5 Å². The number of hydrogen-bond acceptors (Lipinski definition) is 6. The van der Waals surface area contributed by atoms with Gasteiger partial charge < -0.3 is 9.15 Å². The summed E-state index contributed by atoms with van der Waals surface area (Å²) in [5, 5.41) is 0. The van der Waals surface area contributed by atoms with Gasteiger partial charge in [-0.05, 0) is 25.1 Å². The van der Waals surface area contributed by atoms with Crippen LogP contribution in [0.3, 0.4) is 0 Å². The number of amides is 1. The molecule has 0 bridgehead atoms. The minimum Gasteiger partial charge on any atom is -0.469 e. The molecule has 23 heavy (non-hydrogen) atoms. The molecule has 1 aromatic heterocycles. The Hall–Kier alpha value is -2.61. The van der Waals surface area contributed by atoms with Crippen LogP contribution in [0.5, 0.6) is 0 Å². The van der Waals surface area contributed by atoms with E-state index in [0.717, 1.165) is 0 Å². The van der Waals surface area contributed by atoms with Gasteiger partial charge in [0.25, 0.3) is 15.9 Å². The number of benzene rings is 1. The van der Waals surface area contributed by atoms with Gasteiger partial charge in [-0.2, -0.15) is 0 Å². The first kappa shape index (κ1) is 15.3. The van der Waals surface area contributed by atoms with Crippen molar-refractivity contribution in [2.24, 2.45) is 0 Å². The van der Waals surface area contributed by atoms with Crippen molar-refractivity contribution < 1.29 is 27.2 Å². The number of rotatable bonds is 4. The lowest BCUT2D eigenvalue weighted by molar-refractivity contribution is 0.0476. The largest absolute Gasteiger partial charge is 0.469 e. The summed E-state index contributed by atoms with van der Waals surface area (Å²) < 4.78 is 35.3. The molecule has 1 aliphatic heterocycles. The van der Waals surface area contributed by atoms with Crippen LogP contribution in [0, 0.1) is 6.92 Å². The van der Waals surface area contributed by atoms with Gasteiger partial charge in [-0.3, -0.25) is 4.79 Å². The van der Waals surface area contributed by atoms with Crippen LogP contribution >= 0.6 is 0 Å². The molecule has 120 valence electrons. The molecule has 0 aliphatic carbocycles. The van der Waals surface area contributed by atoms with Crippen LogP contribution in [0.1, 0.15) is 26.5 Å². The van der Waals surface area contributed by atoms with E-state index in [1.54, 1.807) is 19.1 Å². The molecule has 0 N–H and O–H groups in total. The molecule has 0 radical (unpaired) electrons. The first-order chi connectivity index (χ1) is 10.9. The Morgan fingerprint density at radius 2 is 2.00 bits per heavy atom. The summed E-state index contributed by atoms with van der Waals surface area (Å²) in [4.78, 5) is 24.0. The standard InChI is InChI=1S/C15H13NO6S/c1-10-11(6-8-21-10)15(18)22-9-7-16-14(17)12-4-2-3-5-13(12)23(16,19)20/h2-6,8H,7,9H2,1H3. The number of hydrogen-bond donors (Lipinski definition) is 0. The van der Waals surface area contributed by atoms with Crippen molar-refractivity contribution in [1.82, 2.24) is 4.31 Å². The van der Waals surface area contributed by atoms with Gasteiger partial charge in [-0.1, -0.05) is 12.1 Å². The number of carbonyl (C=O) groups is 2. The van der Waals surface area contributed by atoms with Gasteiger partial charge in [0.15, 0.2) is 0 Å². The van der Waals surface area contributed by atoms with Gasteiger partial charge >= 0.3 is 5.97 Å². The second kappa shape index (κ2) is 5.54. The van der Waals surface area contributed by atoms with E-state index < -0.39 is 21.9 Å². The Balaban J connectivity index is 1.69. The van der Waals surface area contributed by atoms with E-state index in [-0.39, 0.29) is 29.2 Å². The monoisotopic (exact) mass is 335 g/mol. The Morgan fingerprint density at radius 1 is 1.26 bits per heavy atom. The van der Waals surface area contributed by atoms with Gasteiger partial charge in [0.2, 0.25) is 0 Å². The fourth-order valence-corrected chi connectivity index (χ4v) is 3.90. The van der Waals surface area contributed by atoms with E-state index in [4.69, 9.17) is 9.15 Å². The molecule has 0 atom stereocenters. The number of aryl methyl sites for hydroxylation is 1. The molecule has 0 saturated heterocycles. The zero-order chi connectivity index (χ0) is 16.6. The maximum absolute atomic E-state index is 12.3. The lowest BCUT2D eigenvalue weighted by atomic mass is 10.2. The van der Waals surface area contributed by atoms with Crippen molar-refractivity contribution in [3.8, 4) is 0 Å². The third kappa shape index (κ3) is 2.50. The van der Waals surface area contributed by atoms with Crippen molar-refractivity contribution in [2.75, 3.05) is 13.2 Å². The predicted octanol–water partition coefficient (Wildman–Crippen LogP) is 1.59. The quantitative estimate of drug-likeness (QED) is 0.788. The summed E-state index contributed by atoms with van der Waals surface area (Å²) in [6.07, 6.45) is 1.36. The molecule has 0 unspecified atom stereocenters. The summed E-state index contributed by atoms with van der Waals surface area (Å²) >= 11 is 0.